The van der Waals surface area contributed by atoms with Crippen molar-refractivity contribution in [1.29, 1.82) is 0 Å². The molecule has 0 atom stereocenters. The molecule has 0 saturated carbocycles. The Morgan fingerprint density at radius 2 is 0.643 bits per heavy atom. The number of hydrogen-bond donors (Lipinski definition) is 0. The van der Waals surface area contributed by atoms with E-state index in [0.29, 0.717) is 17.5 Å². The molecule has 0 spiro atoms. The normalized spacial score (nSPS) is 11.6. The summed E-state index contributed by atoms with van der Waals surface area (Å²) in [5, 5.41) is 4.91. The average Bonchev–Trinajstić information content (AvgIpc) is 3.78. The number of nitrogens with zero attached hydrogens (tertiary/aromatic N) is 5. The fourth-order valence-corrected chi connectivity index (χ4v) is 8.16. The van der Waals surface area contributed by atoms with Gasteiger partial charge in [0, 0.05) is 49.6 Å². The van der Waals surface area contributed by atoms with Crippen LogP contribution in [0.25, 0.3) is 100 Å². The van der Waals surface area contributed by atoms with Gasteiger partial charge in [0.15, 0.2) is 17.5 Å². The highest BCUT2D eigenvalue weighted by Crippen LogP contribution is 2.40. The molecular weight excluding hydrogens is 683 g/mol. The van der Waals surface area contributed by atoms with Gasteiger partial charge in [0.25, 0.3) is 0 Å². The van der Waals surface area contributed by atoms with Crippen LogP contribution in [-0.2, 0) is 0 Å². The second kappa shape index (κ2) is 13.0. The van der Waals surface area contributed by atoms with Crippen LogP contribution in [0.15, 0.2) is 200 Å². The SMILES string of the molecule is c1ccc(-c2nc(-c3ccccc3)nc(-c3cccc(-c4cccc(-n5c6ccccc6c6cc7c(cc65)c5ccccc5n7-c5ccccc5)c4)c3)n2)cc1. The van der Waals surface area contributed by atoms with Crippen molar-refractivity contribution in [2.24, 2.45) is 0 Å². The predicted molar refractivity (Wildman–Crippen MR) is 230 cm³/mol. The van der Waals surface area contributed by atoms with E-state index in [1.54, 1.807) is 0 Å². The lowest BCUT2D eigenvalue weighted by molar-refractivity contribution is 1.07. The lowest BCUT2D eigenvalue weighted by Crippen LogP contribution is -2.00. The molecule has 262 valence electrons. The van der Waals surface area contributed by atoms with Crippen molar-refractivity contribution >= 4 is 43.6 Å². The van der Waals surface area contributed by atoms with Crippen molar-refractivity contribution in [3.8, 4) is 56.7 Å². The molecule has 0 aliphatic carbocycles. The summed E-state index contributed by atoms with van der Waals surface area (Å²) in [5.74, 6) is 1.93. The van der Waals surface area contributed by atoms with Crippen molar-refractivity contribution in [3.05, 3.63) is 200 Å². The van der Waals surface area contributed by atoms with Crippen LogP contribution in [0.5, 0.6) is 0 Å². The number of rotatable bonds is 6. The predicted octanol–water partition coefficient (Wildman–Crippen LogP) is 12.7. The quantitative estimate of drug-likeness (QED) is 0.172. The fourth-order valence-electron chi connectivity index (χ4n) is 8.16. The van der Waals surface area contributed by atoms with E-state index in [9.17, 15) is 0 Å². The second-order valence-corrected chi connectivity index (χ2v) is 14.1. The maximum absolute atomic E-state index is 5.00. The summed E-state index contributed by atoms with van der Waals surface area (Å²) in [4.78, 5) is 14.9. The second-order valence-electron chi connectivity index (χ2n) is 14.1. The molecule has 0 amide bonds. The van der Waals surface area contributed by atoms with Gasteiger partial charge < -0.3 is 9.13 Å². The van der Waals surface area contributed by atoms with Gasteiger partial charge in [-0.25, -0.2) is 15.0 Å². The maximum Gasteiger partial charge on any atom is 0.164 e. The maximum atomic E-state index is 5.00. The third-order valence-corrected chi connectivity index (χ3v) is 10.7. The van der Waals surface area contributed by atoms with E-state index < -0.39 is 0 Å². The van der Waals surface area contributed by atoms with Gasteiger partial charge >= 0.3 is 0 Å². The summed E-state index contributed by atoms with van der Waals surface area (Å²) in [6.07, 6.45) is 0. The monoisotopic (exact) mass is 715 g/mol. The van der Waals surface area contributed by atoms with E-state index in [1.807, 2.05) is 60.7 Å². The zero-order valence-corrected chi connectivity index (χ0v) is 30.3. The van der Waals surface area contributed by atoms with Crippen molar-refractivity contribution in [3.63, 3.8) is 0 Å². The van der Waals surface area contributed by atoms with Crippen LogP contribution < -0.4 is 0 Å². The van der Waals surface area contributed by atoms with Crippen LogP contribution in [0.2, 0.25) is 0 Å². The van der Waals surface area contributed by atoms with Gasteiger partial charge in [-0.1, -0.05) is 146 Å². The van der Waals surface area contributed by atoms with Crippen molar-refractivity contribution in [1.82, 2.24) is 24.1 Å². The number of fused-ring (bicyclic) bond motifs is 6. The van der Waals surface area contributed by atoms with Crippen molar-refractivity contribution < 1.29 is 0 Å². The lowest BCUT2D eigenvalue weighted by atomic mass is 10.0. The van der Waals surface area contributed by atoms with E-state index in [1.165, 1.54) is 43.6 Å². The molecule has 0 N–H and O–H groups in total. The van der Waals surface area contributed by atoms with Crippen LogP contribution in [0.1, 0.15) is 0 Å². The first-order valence-electron chi connectivity index (χ1n) is 18.9. The Labute approximate surface area is 323 Å². The molecule has 3 heterocycles. The molecule has 0 unspecified atom stereocenters. The molecule has 0 bridgehead atoms. The Hall–Kier alpha value is -7.63. The Morgan fingerprint density at radius 1 is 0.250 bits per heavy atom. The molecule has 0 radical (unpaired) electrons. The third kappa shape index (κ3) is 5.29. The number of aromatic nitrogens is 5. The molecule has 5 heteroatoms. The first-order chi connectivity index (χ1) is 27.8. The molecule has 0 aliphatic heterocycles. The Balaban J connectivity index is 1.07. The summed E-state index contributed by atoms with van der Waals surface area (Å²) in [5.41, 5.74) is 12.0. The first kappa shape index (κ1) is 31.9. The minimum absolute atomic E-state index is 0.636. The minimum atomic E-state index is 0.636. The van der Waals surface area contributed by atoms with Crippen molar-refractivity contribution in [2.75, 3.05) is 0 Å². The average molecular weight is 716 g/mol. The molecule has 11 aromatic rings. The zero-order valence-electron chi connectivity index (χ0n) is 30.3. The summed E-state index contributed by atoms with van der Waals surface area (Å²) in [7, 11) is 0. The van der Waals surface area contributed by atoms with Gasteiger partial charge in [0.2, 0.25) is 0 Å². The van der Waals surface area contributed by atoms with Crippen LogP contribution in [0, 0.1) is 0 Å². The van der Waals surface area contributed by atoms with E-state index in [-0.39, 0.29) is 0 Å². The minimum Gasteiger partial charge on any atom is -0.309 e. The summed E-state index contributed by atoms with van der Waals surface area (Å²) >= 11 is 0. The highest BCUT2D eigenvalue weighted by Gasteiger charge is 2.19. The molecule has 0 fully saturated rings. The molecule has 8 aromatic carbocycles. The Bertz CT molecular complexity index is 3180. The molecule has 5 nitrogen and oxygen atoms in total. The topological polar surface area (TPSA) is 48.5 Å². The summed E-state index contributed by atoms with van der Waals surface area (Å²) < 4.78 is 4.80. The van der Waals surface area contributed by atoms with Gasteiger partial charge in [-0.3, -0.25) is 0 Å². The molecule has 11 rings (SSSR count). The van der Waals surface area contributed by atoms with E-state index in [2.05, 4.69) is 149 Å². The molecule has 0 aliphatic rings. The van der Waals surface area contributed by atoms with E-state index in [4.69, 9.17) is 15.0 Å². The zero-order chi connectivity index (χ0) is 37.0. The molecule has 0 saturated heterocycles. The molecule has 3 aromatic heterocycles. The van der Waals surface area contributed by atoms with Crippen molar-refractivity contribution in [2.45, 2.75) is 0 Å². The number of hydrogen-bond acceptors (Lipinski definition) is 3. The highest BCUT2D eigenvalue weighted by atomic mass is 15.0. The number of para-hydroxylation sites is 3. The molecular formula is C51H33N5. The first-order valence-corrected chi connectivity index (χ1v) is 18.9. The largest absolute Gasteiger partial charge is 0.309 e. The highest BCUT2D eigenvalue weighted by molar-refractivity contribution is 6.19. The lowest BCUT2D eigenvalue weighted by Gasteiger charge is -2.12. The van der Waals surface area contributed by atoms with Gasteiger partial charge in [-0.2, -0.15) is 0 Å². The summed E-state index contributed by atoms with van der Waals surface area (Å²) in [6.45, 7) is 0. The van der Waals surface area contributed by atoms with Gasteiger partial charge in [0.05, 0.1) is 22.1 Å². The summed E-state index contributed by atoms with van der Waals surface area (Å²) in [6, 6.07) is 70.4. The Kier molecular flexibility index (Phi) is 7.42. The standard InChI is InChI=1S/C51H33N5/c1-4-16-34(17-5-1)49-52-50(35-18-6-2-7-19-35)54-51(53-49)38-22-14-20-36(30-38)37-21-15-25-40(31-37)56-46-29-13-11-27-42(46)44-32-47-43(33-48(44)56)41-26-10-12-28-45(41)55(47)39-23-8-3-9-24-39/h1-33H. The number of benzene rings is 8. The van der Waals surface area contributed by atoms with E-state index in [0.717, 1.165) is 39.2 Å². The smallest absolute Gasteiger partial charge is 0.164 e. The Morgan fingerprint density at radius 3 is 1.21 bits per heavy atom. The molecule has 56 heavy (non-hydrogen) atoms. The van der Waals surface area contributed by atoms with Gasteiger partial charge in [-0.05, 0) is 65.7 Å². The van der Waals surface area contributed by atoms with Crippen LogP contribution in [0.3, 0.4) is 0 Å². The van der Waals surface area contributed by atoms with Crippen LogP contribution in [0.4, 0.5) is 0 Å². The van der Waals surface area contributed by atoms with Crippen LogP contribution >= 0.6 is 0 Å². The van der Waals surface area contributed by atoms with Gasteiger partial charge in [0.1, 0.15) is 0 Å². The van der Waals surface area contributed by atoms with Crippen LogP contribution in [-0.4, -0.2) is 24.1 Å². The fraction of sp³-hybridized carbons (Fsp3) is 0. The van der Waals surface area contributed by atoms with E-state index >= 15 is 0 Å². The van der Waals surface area contributed by atoms with Gasteiger partial charge in [-0.15, -0.1) is 0 Å². The third-order valence-electron chi connectivity index (χ3n) is 10.7.